The van der Waals surface area contributed by atoms with E-state index in [4.69, 9.17) is 4.74 Å². The number of rotatable bonds is 5. The molecular weight excluding hydrogens is 264 g/mol. The highest BCUT2D eigenvalue weighted by molar-refractivity contribution is 5.70. The van der Waals surface area contributed by atoms with Crippen LogP contribution in [0.15, 0.2) is 54.6 Å². The van der Waals surface area contributed by atoms with Crippen molar-refractivity contribution >= 4 is 5.97 Å². The summed E-state index contributed by atoms with van der Waals surface area (Å²) in [4.78, 5) is 11.5. The van der Waals surface area contributed by atoms with Crippen molar-refractivity contribution in [1.29, 1.82) is 0 Å². The number of fused-ring (bicyclic) bond motifs is 1. The molecule has 1 N–H and O–H groups in total. The average Bonchev–Trinajstić information content (AvgIpc) is 2.90. The second-order valence-electron chi connectivity index (χ2n) is 5.51. The molecule has 3 nitrogen and oxygen atoms in total. The van der Waals surface area contributed by atoms with Crippen LogP contribution in [0.2, 0.25) is 0 Å². The molecule has 3 heteroatoms. The molecular formula is C18H18O3. The Bertz CT molecular complexity index is 596. The number of aliphatic carboxylic acids is 1. The van der Waals surface area contributed by atoms with Crippen LogP contribution in [-0.2, 0) is 17.6 Å². The number of ether oxygens (including phenoxy) is 1. The second kappa shape index (κ2) is 6.00. The molecule has 21 heavy (non-hydrogen) atoms. The van der Waals surface area contributed by atoms with Crippen molar-refractivity contribution in [1.82, 2.24) is 0 Å². The minimum atomic E-state index is -0.751. The van der Waals surface area contributed by atoms with Gasteiger partial charge in [0.05, 0.1) is 5.92 Å². The lowest BCUT2D eigenvalue weighted by molar-refractivity contribution is -0.142. The number of para-hydroxylation sites is 1. The van der Waals surface area contributed by atoms with E-state index in [1.807, 2.05) is 54.6 Å². The summed E-state index contributed by atoms with van der Waals surface area (Å²) >= 11 is 0. The third kappa shape index (κ3) is 3.24. The first-order chi connectivity index (χ1) is 10.2. The second-order valence-corrected chi connectivity index (χ2v) is 5.51. The topological polar surface area (TPSA) is 46.5 Å². The Labute approximate surface area is 124 Å². The maximum Gasteiger partial charge on any atom is 0.306 e. The molecule has 0 spiro atoms. The fourth-order valence-corrected chi connectivity index (χ4v) is 2.87. The monoisotopic (exact) mass is 282 g/mol. The zero-order chi connectivity index (χ0) is 14.7. The molecule has 0 radical (unpaired) electrons. The molecule has 1 aliphatic rings. The lowest BCUT2D eigenvalue weighted by Crippen LogP contribution is -2.25. The SMILES string of the molecule is O=C(O)C(Cc1ccccc1)CC1Cc2ccccc2O1. The number of carbonyl (C=O) groups is 1. The molecule has 2 unspecified atom stereocenters. The van der Waals surface area contributed by atoms with Crippen LogP contribution in [0, 0.1) is 5.92 Å². The van der Waals surface area contributed by atoms with Crippen molar-refractivity contribution in [2.75, 3.05) is 0 Å². The molecule has 2 atom stereocenters. The average molecular weight is 282 g/mol. The Balaban J connectivity index is 1.66. The van der Waals surface area contributed by atoms with E-state index in [9.17, 15) is 9.90 Å². The molecule has 0 amide bonds. The van der Waals surface area contributed by atoms with E-state index in [2.05, 4.69) is 0 Å². The van der Waals surface area contributed by atoms with Crippen molar-refractivity contribution in [2.45, 2.75) is 25.4 Å². The summed E-state index contributed by atoms with van der Waals surface area (Å²) in [5.41, 5.74) is 2.23. The molecule has 1 aliphatic heterocycles. The maximum absolute atomic E-state index is 11.5. The predicted molar refractivity (Wildman–Crippen MR) is 80.5 cm³/mol. The van der Waals surface area contributed by atoms with Crippen LogP contribution in [0.4, 0.5) is 0 Å². The quantitative estimate of drug-likeness (QED) is 0.915. The highest BCUT2D eigenvalue weighted by Gasteiger charge is 2.28. The summed E-state index contributed by atoms with van der Waals surface area (Å²) in [6, 6.07) is 17.7. The van der Waals surface area contributed by atoms with Crippen LogP contribution < -0.4 is 4.74 Å². The largest absolute Gasteiger partial charge is 0.490 e. The molecule has 0 saturated carbocycles. The lowest BCUT2D eigenvalue weighted by Gasteiger charge is -2.17. The summed E-state index contributed by atoms with van der Waals surface area (Å²) in [6.07, 6.45) is 1.85. The van der Waals surface area contributed by atoms with E-state index >= 15 is 0 Å². The normalized spacial score (nSPS) is 17.8. The van der Waals surface area contributed by atoms with E-state index in [1.165, 1.54) is 5.56 Å². The number of carboxylic acid groups (broad SMARTS) is 1. The highest BCUT2D eigenvalue weighted by Crippen LogP contribution is 2.31. The summed E-state index contributed by atoms with van der Waals surface area (Å²) in [5.74, 6) is -0.267. The van der Waals surface area contributed by atoms with E-state index < -0.39 is 11.9 Å². The molecule has 0 bridgehead atoms. The van der Waals surface area contributed by atoms with Gasteiger partial charge in [0.1, 0.15) is 11.9 Å². The van der Waals surface area contributed by atoms with E-state index in [0.29, 0.717) is 12.8 Å². The van der Waals surface area contributed by atoms with Gasteiger partial charge in [-0.25, -0.2) is 0 Å². The molecule has 0 fully saturated rings. The number of benzene rings is 2. The van der Waals surface area contributed by atoms with Gasteiger partial charge in [-0.05, 0) is 30.0 Å². The summed E-state index contributed by atoms with van der Waals surface area (Å²) in [5, 5.41) is 9.46. The van der Waals surface area contributed by atoms with E-state index in [-0.39, 0.29) is 6.10 Å². The first-order valence-electron chi connectivity index (χ1n) is 7.23. The van der Waals surface area contributed by atoms with E-state index in [0.717, 1.165) is 17.7 Å². The van der Waals surface area contributed by atoms with Crippen molar-refractivity contribution in [2.24, 2.45) is 5.92 Å². The van der Waals surface area contributed by atoms with Crippen LogP contribution >= 0.6 is 0 Å². The standard InChI is InChI=1S/C18H18O3/c19-18(20)15(10-13-6-2-1-3-7-13)12-16-11-14-8-4-5-9-17(14)21-16/h1-9,15-16H,10-12H2,(H,19,20). The third-order valence-electron chi connectivity index (χ3n) is 3.94. The first-order valence-corrected chi connectivity index (χ1v) is 7.23. The Hall–Kier alpha value is -2.29. The zero-order valence-corrected chi connectivity index (χ0v) is 11.7. The summed E-state index contributed by atoms with van der Waals surface area (Å²) in [6.45, 7) is 0. The van der Waals surface area contributed by atoms with Gasteiger partial charge in [-0.3, -0.25) is 4.79 Å². The zero-order valence-electron chi connectivity index (χ0n) is 11.7. The van der Waals surface area contributed by atoms with Crippen LogP contribution in [0.1, 0.15) is 17.5 Å². The fraction of sp³-hybridized carbons (Fsp3) is 0.278. The third-order valence-corrected chi connectivity index (χ3v) is 3.94. The first kappa shape index (κ1) is 13.7. The van der Waals surface area contributed by atoms with Crippen LogP contribution in [0.5, 0.6) is 5.75 Å². The number of hydrogen-bond donors (Lipinski definition) is 1. The van der Waals surface area contributed by atoms with E-state index in [1.54, 1.807) is 0 Å². The Morgan fingerprint density at radius 1 is 1.14 bits per heavy atom. The van der Waals surface area contributed by atoms with Crippen molar-refractivity contribution in [3.8, 4) is 5.75 Å². The Morgan fingerprint density at radius 2 is 1.86 bits per heavy atom. The molecule has 0 aromatic heterocycles. The molecule has 2 aromatic carbocycles. The van der Waals surface area contributed by atoms with Gasteiger partial charge < -0.3 is 9.84 Å². The number of hydrogen-bond acceptors (Lipinski definition) is 2. The minimum absolute atomic E-state index is 0.0350. The van der Waals surface area contributed by atoms with Crippen LogP contribution in [0.25, 0.3) is 0 Å². The van der Waals surface area contributed by atoms with Gasteiger partial charge in [-0.1, -0.05) is 48.5 Å². The maximum atomic E-state index is 11.5. The Morgan fingerprint density at radius 3 is 2.57 bits per heavy atom. The molecule has 0 aliphatic carbocycles. The van der Waals surface area contributed by atoms with Crippen molar-refractivity contribution < 1.29 is 14.6 Å². The van der Waals surface area contributed by atoms with Crippen molar-refractivity contribution in [3.05, 3.63) is 65.7 Å². The highest BCUT2D eigenvalue weighted by atomic mass is 16.5. The molecule has 3 rings (SSSR count). The molecule has 1 heterocycles. The van der Waals surface area contributed by atoms with Gasteiger partial charge >= 0.3 is 5.97 Å². The number of carboxylic acids is 1. The van der Waals surface area contributed by atoms with Crippen LogP contribution in [-0.4, -0.2) is 17.2 Å². The van der Waals surface area contributed by atoms with Crippen LogP contribution in [0.3, 0.4) is 0 Å². The molecule has 2 aromatic rings. The van der Waals surface area contributed by atoms with Gasteiger partial charge in [0.25, 0.3) is 0 Å². The lowest BCUT2D eigenvalue weighted by atomic mass is 9.92. The van der Waals surface area contributed by atoms with Gasteiger partial charge in [-0.15, -0.1) is 0 Å². The summed E-state index contributed by atoms with van der Waals surface area (Å²) in [7, 11) is 0. The molecule has 0 saturated heterocycles. The Kier molecular flexibility index (Phi) is 3.91. The molecule has 108 valence electrons. The predicted octanol–water partition coefficient (Wildman–Crippen LogP) is 3.32. The van der Waals surface area contributed by atoms with Crippen molar-refractivity contribution in [3.63, 3.8) is 0 Å². The summed E-state index contributed by atoms with van der Waals surface area (Å²) < 4.78 is 5.86. The van der Waals surface area contributed by atoms with Gasteiger partial charge in [-0.2, -0.15) is 0 Å². The van der Waals surface area contributed by atoms with Gasteiger partial charge in [0.15, 0.2) is 0 Å². The smallest absolute Gasteiger partial charge is 0.306 e. The van der Waals surface area contributed by atoms with Gasteiger partial charge in [0.2, 0.25) is 0 Å². The fourth-order valence-electron chi connectivity index (χ4n) is 2.87. The minimum Gasteiger partial charge on any atom is -0.490 e. The van der Waals surface area contributed by atoms with Gasteiger partial charge in [0, 0.05) is 6.42 Å².